The number of rotatable bonds is 12. The van der Waals surface area contributed by atoms with Gasteiger partial charge in [-0.05, 0) is 85.5 Å². The van der Waals surface area contributed by atoms with E-state index < -0.39 is 18.9 Å². The van der Waals surface area contributed by atoms with Crippen LogP contribution in [-0.2, 0) is 16.1 Å². The minimum atomic E-state index is -4.80. The monoisotopic (exact) mass is 571 g/mol. The van der Waals surface area contributed by atoms with Crippen molar-refractivity contribution in [3.8, 4) is 28.6 Å². The van der Waals surface area contributed by atoms with Crippen LogP contribution >= 0.6 is 0 Å². The molecule has 2 aromatic carbocycles. The van der Waals surface area contributed by atoms with Crippen molar-refractivity contribution in [2.45, 2.75) is 39.7 Å². The molecule has 1 aliphatic carbocycles. The molecular weight excluding hydrogens is 543 g/mol. The first-order chi connectivity index (χ1) is 19.6. The number of ether oxygens (including phenoxy) is 4. The Kier molecular flexibility index (Phi) is 9.38. The van der Waals surface area contributed by atoms with Gasteiger partial charge in [0, 0.05) is 5.56 Å². The lowest BCUT2D eigenvalue weighted by Crippen LogP contribution is -2.16. The number of aliphatic carboxylic acids is 1. The number of aromatic nitrogens is 1. The van der Waals surface area contributed by atoms with Gasteiger partial charge in [0.1, 0.15) is 28.7 Å². The molecular formula is C30H28F3NO7. The molecule has 0 saturated heterocycles. The normalized spacial score (nSPS) is 13.2. The second kappa shape index (κ2) is 13.1. The Morgan fingerprint density at radius 2 is 1.80 bits per heavy atom. The van der Waals surface area contributed by atoms with Crippen molar-refractivity contribution < 1.29 is 46.4 Å². The van der Waals surface area contributed by atoms with Gasteiger partial charge >= 0.3 is 12.3 Å². The molecule has 0 spiro atoms. The van der Waals surface area contributed by atoms with Gasteiger partial charge in [-0.15, -0.1) is 13.2 Å². The number of nitrogens with zero attached hydrogens (tertiary/aromatic N) is 1. The Balaban J connectivity index is 1.60. The summed E-state index contributed by atoms with van der Waals surface area (Å²) in [6, 6.07) is 10.3. The Labute approximate surface area is 234 Å². The van der Waals surface area contributed by atoms with Gasteiger partial charge in [0.05, 0.1) is 6.61 Å². The van der Waals surface area contributed by atoms with Crippen LogP contribution in [0, 0.1) is 6.92 Å². The smallest absolute Gasteiger partial charge is 0.494 e. The molecule has 1 N–H and O–H groups in total. The first-order valence-electron chi connectivity index (χ1n) is 12.8. The van der Waals surface area contributed by atoms with Gasteiger partial charge < -0.3 is 28.5 Å². The maximum atomic E-state index is 12.6. The molecule has 8 nitrogen and oxygen atoms in total. The largest absolute Gasteiger partial charge is 0.573 e. The number of allylic oxidation sites excluding steroid dienone is 5. The molecule has 0 saturated carbocycles. The molecule has 0 amide bonds. The average molecular weight is 572 g/mol. The molecule has 1 aromatic heterocycles. The fourth-order valence-electron chi connectivity index (χ4n) is 3.91. The fourth-order valence-corrected chi connectivity index (χ4v) is 3.91. The molecule has 0 fully saturated rings. The third kappa shape index (κ3) is 8.41. The van der Waals surface area contributed by atoms with Crippen molar-refractivity contribution in [3.63, 3.8) is 0 Å². The maximum Gasteiger partial charge on any atom is 0.573 e. The average Bonchev–Trinajstić information content (AvgIpc) is 3.20. The highest BCUT2D eigenvalue weighted by molar-refractivity contribution is 5.78. The number of alkyl halides is 3. The predicted octanol–water partition coefficient (Wildman–Crippen LogP) is 7.24. The van der Waals surface area contributed by atoms with Gasteiger partial charge in [0.25, 0.3) is 0 Å². The predicted molar refractivity (Wildman–Crippen MR) is 143 cm³/mol. The molecule has 216 valence electrons. The Hall–Kier alpha value is -4.67. The van der Waals surface area contributed by atoms with Crippen LogP contribution in [0.1, 0.15) is 36.9 Å². The van der Waals surface area contributed by atoms with Crippen LogP contribution in [0.2, 0.25) is 0 Å². The minimum Gasteiger partial charge on any atom is -0.494 e. The van der Waals surface area contributed by atoms with E-state index in [1.54, 1.807) is 25.1 Å². The number of oxazole rings is 1. The maximum absolute atomic E-state index is 12.6. The van der Waals surface area contributed by atoms with Crippen LogP contribution in [0.15, 0.2) is 76.9 Å². The van der Waals surface area contributed by atoms with Crippen LogP contribution in [-0.4, -0.2) is 35.6 Å². The van der Waals surface area contributed by atoms with Crippen LogP contribution < -0.4 is 14.2 Å². The van der Waals surface area contributed by atoms with E-state index in [1.165, 1.54) is 24.3 Å². The van der Waals surface area contributed by atoms with Crippen molar-refractivity contribution >= 4 is 11.5 Å². The molecule has 0 unspecified atom stereocenters. The molecule has 1 heterocycles. The van der Waals surface area contributed by atoms with Crippen LogP contribution in [0.3, 0.4) is 0 Å². The molecule has 0 bridgehead atoms. The van der Waals surface area contributed by atoms with E-state index in [4.69, 9.17) is 23.7 Å². The molecule has 0 aliphatic heterocycles. The number of halogens is 3. The highest BCUT2D eigenvalue weighted by Gasteiger charge is 2.31. The number of carboxylic acid groups (broad SMARTS) is 1. The summed E-state index contributed by atoms with van der Waals surface area (Å²) in [7, 11) is 0. The van der Waals surface area contributed by atoms with Crippen LogP contribution in [0.4, 0.5) is 13.2 Å². The topological polar surface area (TPSA) is 100 Å². The van der Waals surface area contributed by atoms with Crippen molar-refractivity contribution in [3.05, 3.63) is 89.7 Å². The molecule has 4 rings (SSSR count). The number of carboxylic acids is 1. The lowest BCUT2D eigenvalue weighted by Gasteiger charge is -2.09. The number of benzene rings is 2. The summed E-state index contributed by atoms with van der Waals surface area (Å²) in [5.74, 6) is 0.781. The number of aryl methyl sites for hydroxylation is 1. The summed E-state index contributed by atoms with van der Waals surface area (Å²) in [6.07, 6.45) is 4.09. The zero-order valence-corrected chi connectivity index (χ0v) is 22.4. The van der Waals surface area contributed by atoms with E-state index in [-0.39, 0.29) is 18.2 Å². The number of hydrogen-bond acceptors (Lipinski definition) is 7. The van der Waals surface area contributed by atoms with Crippen molar-refractivity contribution in [1.29, 1.82) is 0 Å². The SMILES string of the molecule is CCCOC1=CC=C(c2nc(COc3ccc(OCC(=O)O)c(C)c3)oc2-c2ccc(OC(F)(F)F)cc2)CC=C1. The van der Waals surface area contributed by atoms with Gasteiger partial charge in [-0.1, -0.05) is 19.1 Å². The standard InChI is InChI=1S/C30H28F3NO7/c1-3-15-37-22-6-4-5-20(7-10-22)28-29(21-8-11-23(12-9-21)41-30(31,32)33)40-26(34-28)17-38-24-13-14-25(19(2)16-24)39-18-27(35)36/h4,6-14,16H,3,5,15,17-18H2,1-2H3,(H,35,36). The van der Waals surface area contributed by atoms with E-state index in [0.29, 0.717) is 52.9 Å². The molecule has 0 radical (unpaired) electrons. The lowest BCUT2D eigenvalue weighted by molar-refractivity contribution is -0.274. The summed E-state index contributed by atoms with van der Waals surface area (Å²) in [6.45, 7) is 3.85. The number of carbonyl (C=O) groups is 1. The van der Waals surface area contributed by atoms with E-state index in [1.807, 2.05) is 31.2 Å². The Bertz CT molecular complexity index is 1450. The molecule has 41 heavy (non-hydrogen) atoms. The molecule has 1 aliphatic rings. The highest BCUT2D eigenvalue weighted by atomic mass is 19.4. The molecule has 0 atom stereocenters. The second-order valence-electron chi connectivity index (χ2n) is 8.97. The third-order valence-corrected chi connectivity index (χ3v) is 5.73. The zero-order chi connectivity index (χ0) is 29.4. The summed E-state index contributed by atoms with van der Waals surface area (Å²) < 4.78 is 64.8. The first-order valence-corrected chi connectivity index (χ1v) is 12.8. The van der Waals surface area contributed by atoms with Crippen LogP contribution in [0.5, 0.6) is 17.2 Å². The van der Waals surface area contributed by atoms with E-state index in [9.17, 15) is 18.0 Å². The lowest BCUT2D eigenvalue weighted by atomic mass is 10.0. The highest BCUT2D eigenvalue weighted by Crippen LogP contribution is 2.35. The molecule has 3 aromatic rings. The quantitative estimate of drug-likeness (QED) is 0.243. The summed E-state index contributed by atoms with van der Waals surface area (Å²) in [5.41, 5.74) is 2.51. The van der Waals surface area contributed by atoms with Crippen molar-refractivity contribution in [1.82, 2.24) is 4.98 Å². The van der Waals surface area contributed by atoms with Crippen LogP contribution in [0.25, 0.3) is 16.9 Å². The Morgan fingerprint density at radius 1 is 1.05 bits per heavy atom. The third-order valence-electron chi connectivity index (χ3n) is 5.73. The van der Waals surface area contributed by atoms with Gasteiger partial charge in [0.15, 0.2) is 19.0 Å². The fraction of sp³-hybridized carbons (Fsp3) is 0.267. The van der Waals surface area contributed by atoms with Gasteiger partial charge in [-0.3, -0.25) is 0 Å². The van der Waals surface area contributed by atoms with E-state index in [0.717, 1.165) is 12.0 Å². The van der Waals surface area contributed by atoms with Gasteiger partial charge in [0.2, 0.25) is 5.89 Å². The number of hydrogen-bond donors (Lipinski definition) is 1. The molecule has 11 heteroatoms. The zero-order valence-electron chi connectivity index (χ0n) is 22.4. The summed E-state index contributed by atoms with van der Waals surface area (Å²) >= 11 is 0. The Morgan fingerprint density at radius 3 is 2.49 bits per heavy atom. The van der Waals surface area contributed by atoms with E-state index in [2.05, 4.69) is 9.72 Å². The first kappa shape index (κ1) is 29.3. The van der Waals surface area contributed by atoms with E-state index >= 15 is 0 Å². The van der Waals surface area contributed by atoms with Gasteiger partial charge in [-0.2, -0.15) is 0 Å². The second-order valence-corrected chi connectivity index (χ2v) is 8.97. The summed E-state index contributed by atoms with van der Waals surface area (Å²) in [5, 5.41) is 8.82. The van der Waals surface area contributed by atoms with Crippen molar-refractivity contribution in [2.75, 3.05) is 13.2 Å². The van der Waals surface area contributed by atoms with Gasteiger partial charge in [-0.25, -0.2) is 9.78 Å². The minimum absolute atomic E-state index is 0.0408. The summed E-state index contributed by atoms with van der Waals surface area (Å²) in [4.78, 5) is 15.4. The van der Waals surface area contributed by atoms with Crippen molar-refractivity contribution in [2.24, 2.45) is 0 Å².